The van der Waals surface area contributed by atoms with Crippen molar-refractivity contribution in [1.82, 2.24) is 0 Å². The van der Waals surface area contributed by atoms with Crippen molar-refractivity contribution >= 4 is 25.1 Å². The van der Waals surface area contributed by atoms with Crippen molar-refractivity contribution in [3.63, 3.8) is 0 Å². The van der Waals surface area contributed by atoms with Crippen LogP contribution in [0, 0.1) is 0 Å². The molecule has 0 unspecified atom stereocenters. The summed E-state index contributed by atoms with van der Waals surface area (Å²) in [5.74, 6) is 0. The average molecular weight is 172 g/mol. The van der Waals surface area contributed by atoms with Gasteiger partial charge in [-0.3, -0.25) is 0 Å². The van der Waals surface area contributed by atoms with E-state index >= 15 is 0 Å². The molecule has 1 nitrogen and oxygen atoms in total. The van der Waals surface area contributed by atoms with Crippen LogP contribution in [0.5, 0.6) is 0 Å². The fraction of sp³-hybridized carbons (Fsp3) is 0.750. The Morgan fingerprint density at radius 1 is 1.57 bits per heavy atom. The molecule has 0 saturated heterocycles. The Bertz CT molecular complexity index is 40.7. The average Bonchev–Trinajstić information content (AvgIpc) is 1.61. The summed E-state index contributed by atoms with van der Waals surface area (Å²) in [6, 6.07) is 0. The summed E-state index contributed by atoms with van der Waals surface area (Å²) in [6.45, 7) is 0. The Morgan fingerprint density at radius 2 is 2.14 bits per heavy atom. The second kappa shape index (κ2) is 10.1. The number of hydrogen-bond acceptors (Lipinski definition) is 1. The van der Waals surface area contributed by atoms with Crippen molar-refractivity contribution in [3.05, 3.63) is 0 Å². The van der Waals surface area contributed by atoms with Crippen LogP contribution in [0.25, 0.3) is 0 Å². The molecule has 0 amide bonds. The number of aldehydes is 1. The van der Waals surface area contributed by atoms with Gasteiger partial charge in [0.2, 0.25) is 0 Å². The predicted molar refractivity (Wildman–Crippen MR) is 27.3 cm³/mol. The van der Waals surface area contributed by atoms with E-state index in [2.05, 4.69) is 0 Å². The minimum absolute atomic E-state index is 0. The van der Waals surface area contributed by atoms with Gasteiger partial charge in [-0.2, -0.15) is 0 Å². The molecule has 0 bridgehead atoms. The summed E-state index contributed by atoms with van der Waals surface area (Å²) in [5.41, 5.74) is 0. The Hall–Kier alpha value is 1.01. The van der Waals surface area contributed by atoms with Crippen molar-refractivity contribution in [2.45, 2.75) is 17.5 Å². The zero-order valence-electron chi connectivity index (χ0n) is 3.55. The van der Waals surface area contributed by atoms with Crippen LogP contribution < -0.4 is 0 Å². The number of carbonyl (C=O) groups is 1. The Labute approximate surface area is 68.3 Å². The first-order valence-electron chi connectivity index (χ1n) is 1.96. The van der Waals surface area contributed by atoms with Crippen LogP contribution in [0.4, 0.5) is 0 Å². The molecule has 0 rings (SSSR count). The van der Waals surface area contributed by atoms with Crippen LogP contribution in [-0.4, -0.2) is 25.1 Å². The summed E-state index contributed by atoms with van der Waals surface area (Å²) >= 11 is 1.77. The van der Waals surface area contributed by atoms with E-state index in [0.717, 1.165) is 19.1 Å². The van der Waals surface area contributed by atoms with Crippen LogP contribution in [0.1, 0.15) is 12.8 Å². The molecule has 7 heavy (non-hydrogen) atoms. The van der Waals surface area contributed by atoms with E-state index in [0.29, 0.717) is 0 Å². The van der Waals surface area contributed by atoms with E-state index in [1.165, 1.54) is 4.64 Å². The van der Waals surface area contributed by atoms with Gasteiger partial charge in [0.25, 0.3) is 0 Å². The maximum absolute atomic E-state index is 9.57. The van der Waals surface area contributed by atoms with Gasteiger partial charge in [-0.15, -0.1) is 0 Å². The second-order valence-electron chi connectivity index (χ2n) is 1.03. The van der Waals surface area contributed by atoms with Gasteiger partial charge in [-0.05, 0) is 0 Å². The number of hydrogen-bond donors (Lipinski definition) is 0. The first-order valence-corrected chi connectivity index (χ1v) is 3.51. The fourth-order valence-electron chi connectivity index (χ4n) is 0.175. The Kier molecular flexibility index (Phi) is 15.7. The Morgan fingerprint density at radius 3 is 2.29 bits per heavy atom. The van der Waals surface area contributed by atoms with E-state index in [1.807, 2.05) is 0 Å². The SMILES string of the molecule is O=CCC[CH2][Nb].[LiH]. The molecule has 0 fully saturated rings. The summed E-state index contributed by atoms with van der Waals surface area (Å²) < 4.78 is 1.17. The number of unbranched alkanes of at least 4 members (excludes halogenated alkanes) is 1. The van der Waals surface area contributed by atoms with Gasteiger partial charge in [-0.25, -0.2) is 0 Å². The molecule has 0 aliphatic carbocycles. The molecule has 0 aromatic heterocycles. The topological polar surface area (TPSA) is 17.1 Å². The molecular weight excluding hydrogens is 164 g/mol. The summed E-state index contributed by atoms with van der Waals surface area (Å²) in [4.78, 5) is 9.57. The minimum atomic E-state index is 0. The van der Waals surface area contributed by atoms with Gasteiger partial charge >= 0.3 is 68.5 Å². The standard InChI is InChI=1S/C4H7O.Li.Nb.H/c1-2-3-4-5;;;/h4H,1-3H2;;;. The monoisotopic (exact) mass is 172 g/mol. The normalized spacial score (nSPS) is 6.86. The van der Waals surface area contributed by atoms with E-state index in [4.69, 9.17) is 0 Å². The molecule has 0 aliphatic rings. The van der Waals surface area contributed by atoms with Gasteiger partial charge in [0.05, 0.1) is 0 Å². The van der Waals surface area contributed by atoms with Crippen molar-refractivity contribution in [3.8, 4) is 0 Å². The third-order valence-corrected chi connectivity index (χ3v) is 1.26. The van der Waals surface area contributed by atoms with Gasteiger partial charge in [0.1, 0.15) is 0 Å². The van der Waals surface area contributed by atoms with E-state index in [9.17, 15) is 4.79 Å². The predicted octanol–water partition coefficient (Wildman–Crippen LogP) is 0.282. The molecular formula is C4H8LiNbO. The first kappa shape index (κ1) is 10.9. The summed E-state index contributed by atoms with van der Waals surface area (Å²) in [5, 5.41) is 0. The van der Waals surface area contributed by atoms with Gasteiger partial charge < -0.3 is 0 Å². The molecule has 0 atom stereocenters. The van der Waals surface area contributed by atoms with Crippen LogP contribution in [0.2, 0.25) is 4.64 Å². The molecule has 36 valence electrons. The number of rotatable bonds is 3. The fourth-order valence-corrected chi connectivity index (χ4v) is 0.623. The molecule has 0 spiro atoms. The molecule has 0 heterocycles. The third kappa shape index (κ3) is 10.9. The number of carbonyl (C=O) groups excluding carboxylic acids is 1. The molecule has 0 saturated carbocycles. The van der Waals surface area contributed by atoms with Crippen LogP contribution in [0.3, 0.4) is 0 Å². The quantitative estimate of drug-likeness (QED) is 0.339. The van der Waals surface area contributed by atoms with E-state index < -0.39 is 0 Å². The first-order chi connectivity index (χ1) is 2.91. The van der Waals surface area contributed by atoms with E-state index in [-0.39, 0.29) is 18.9 Å². The van der Waals surface area contributed by atoms with Crippen LogP contribution >= 0.6 is 0 Å². The summed E-state index contributed by atoms with van der Waals surface area (Å²) in [7, 11) is 0. The van der Waals surface area contributed by atoms with Gasteiger partial charge in [0.15, 0.2) is 0 Å². The molecule has 0 aromatic rings. The molecule has 0 radical (unpaired) electrons. The van der Waals surface area contributed by atoms with Crippen molar-refractivity contribution < 1.29 is 25.9 Å². The Balaban J connectivity index is 0. The van der Waals surface area contributed by atoms with E-state index in [1.54, 1.807) is 21.1 Å². The van der Waals surface area contributed by atoms with Crippen molar-refractivity contribution in [2.24, 2.45) is 0 Å². The van der Waals surface area contributed by atoms with Crippen LogP contribution in [0.15, 0.2) is 0 Å². The zero-order valence-corrected chi connectivity index (χ0v) is 5.75. The van der Waals surface area contributed by atoms with Gasteiger partial charge in [-0.1, -0.05) is 0 Å². The molecule has 0 aliphatic heterocycles. The zero-order chi connectivity index (χ0) is 4.83. The maximum atomic E-state index is 9.57. The third-order valence-electron chi connectivity index (χ3n) is 0.480. The molecule has 3 heteroatoms. The molecule has 0 aromatic carbocycles. The van der Waals surface area contributed by atoms with Crippen molar-refractivity contribution in [2.75, 3.05) is 0 Å². The molecule has 0 N–H and O–H groups in total. The van der Waals surface area contributed by atoms with Crippen LogP contribution in [-0.2, 0) is 25.9 Å². The summed E-state index contributed by atoms with van der Waals surface area (Å²) in [6.07, 6.45) is 2.78. The van der Waals surface area contributed by atoms with Gasteiger partial charge in [0, 0.05) is 0 Å². The van der Waals surface area contributed by atoms with Crippen molar-refractivity contribution in [1.29, 1.82) is 0 Å². The second-order valence-corrected chi connectivity index (χ2v) is 2.13.